The predicted molar refractivity (Wildman–Crippen MR) is 68.7 cm³/mol. The van der Waals surface area contributed by atoms with Gasteiger partial charge < -0.3 is 15.8 Å². The lowest BCUT2D eigenvalue weighted by Gasteiger charge is -2.09. The van der Waals surface area contributed by atoms with Crippen molar-refractivity contribution in [2.24, 2.45) is 5.73 Å². The van der Waals surface area contributed by atoms with Crippen molar-refractivity contribution in [2.75, 3.05) is 18.5 Å². The van der Waals surface area contributed by atoms with Crippen molar-refractivity contribution in [1.82, 2.24) is 0 Å². The standard InChI is InChI=1S/C13H20N2O2/c1-2-8-17-9-7-13(16)15-12-6-4-3-5-11(12)10-14/h3-6H,2,7-10,14H2,1H3,(H,15,16). The van der Waals surface area contributed by atoms with E-state index in [9.17, 15) is 4.79 Å². The maximum Gasteiger partial charge on any atom is 0.226 e. The quantitative estimate of drug-likeness (QED) is 0.711. The van der Waals surface area contributed by atoms with E-state index >= 15 is 0 Å². The summed E-state index contributed by atoms with van der Waals surface area (Å²) in [7, 11) is 0. The number of hydrogen-bond acceptors (Lipinski definition) is 3. The number of nitrogens with two attached hydrogens (primary N) is 1. The van der Waals surface area contributed by atoms with E-state index < -0.39 is 0 Å². The van der Waals surface area contributed by atoms with Gasteiger partial charge in [-0.2, -0.15) is 0 Å². The number of benzene rings is 1. The zero-order valence-electron chi connectivity index (χ0n) is 10.2. The lowest BCUT2D eigenvalue weighted by Crippen LogP contribution is -2.16. The number of anilines is 1. The Kier molecular flexibility index (Phi) is 6.29. The second-order valence-corrected chi connectivity index (χ2v) is 3.77. The fraction of sp³-hybridized carbons (Fsp3) is 0.462. The van der Waals surface area contributed by atoms with Gasteiger partial charge in [-0.25, -0.2) is 0 Å². The van der Waals surface area contributed by atoms with Crippen molar-refractivity contribution in [1.29, 1.82) is 0 Å². The number of carbonyl (C=O) groups is 1. The molecular weight excluding hydrogens is 216 g/mol. The molecular formula is C13H20N2O2. The first-order chi connectivity index (χ1) is 8.27. The average molecular weight is 236 g/mol. The molecule has 4 nitrogen and oxygen atoms in total. The average Bonchev–Trinajstić information content (AvgIpc) is 2.35. The zero-order valence-corrected chi connectivity index (χ0v) is 10.2. The molecule has 0 aliphatic carbocycles. The summed E-state index contributed by atoms with van der Waals surface area (Å²) < 4.78 is 5.26. The number of carbonyl (C=O) groups excluding carboxylic acids is 1. The molecule has 17 heavy (non-hydrogen) atoms. The topological polar surface area (TPSA) is 64.3 Å². The first-order valence-corrected chi connectivity index (χ1v) is 5.93. The zero-order chi connectivity index (χ0) is 12.5. The van der Waals surface area contributed by atoms with Crippen LogP contribution in [0.1, 0.15) is 25.3 Å². The Hall–Kier alpha value is -1.39. The summed E-state index contributed by atoms with van der Waals surface area (Å²) in [5.41, 5.74) is 7.32. The maximum absolute atomic E-state index is 11.6. The first-order valence-electron chi connectivity index (χ1n) is 5.93. The van der Waals surface area contributed by atoms with Crippen LogP contribution in [0.3, 0.4) is 0 Å². The van der Waals surface area contributed by atoms with Crippen LogP contribution in [0.2, 0.25) is 0 Å². The summed E-state index contributed by atoms with van der Waals surface area (Å²) in [6.07, 6.45) is 1.34. The van der Waals surface area contributed by atoms with Gasteiger partial charge in [0.05, 0.1) is 13.0 Å². The van der Waals surface area contributed by atoms with E-state index in [0.717, 1.165) is 17.7 Å². The number of amides is 1. The Balaban J connectivity index is 2.39. The smallest absolute Gasteiger partial charge is 0.226 e. The molecule has 0 aliphatic rings. The fourth-order valence-corrected chi connectivity index (χ4v) is 1.44. The Bertz CT molecular complexity index is 353. The number of rotatable bonds is 7. The van der Waals surface area contributed by atoms with E-state index in [0.29, 0.717) is 26.2 Å². The lowest BCUT2D eigenvalue weighted by molar-refractivity contribution is -0.117. The first kappa shape index (κ1) is 13.7. The SMILES string of the molecule is CCCOCCC(=O)Nc1ccccc1CN. The summed E-state index contributed by atoms with van der Waals surface area (Å²) in [4.78, 5) is 11.6. The molecule has 1 rings (SSSR count). The van der Waals surface area contributed by atoms with Crippen LogP contribution in [-0.2, 0) is 16.1 Å². The van der Waals surface area contributed by atoms with Crippen LogP contribution >= 0.6 is 0 Å². The Morgan fingerprint density at radius 3 is 2.82 bits per heavy atom. The summed E-state index contributed by atoms with van der Waals surface area (Å²) in [5.74, 6) is -0.0398. The van der Waals surface area contributed by atoms with E-state index in [1.165, 1.54) is 0 Å². The summed E-state index contributed by atoms with van der Waals surface area (Å²) in [6.45, 7) is 3.62. The molecule has 0 saturated carbocycles. The summed E-state index contributed by atoms with van der Waals surface area (Å²) in [5, 5.41) is 2.84. The molecule has 0 unspecified atom stereocenters. The monoisotopic (exact) mass is 236 g/mol. The van der Waals surface area contributed by atoms with Crippen LogP contribution in [0.15, 0.2) is 24.3 Å². The second kappa shape index (κ2) is 7.81. The van der Waals surface area contributed by atoms with Crippen LogP contribution in [0.5, 0.6) is 0 Å². The highest BCUT2D eigenvalue weighted by Gasteiger charge is 2.05. The molecule has 0 spiro atoms. The third-order valence-corrected chi connectivity index (χ3v) is 2.33. The lowest BCUT2D eigenvalue weighted by atomic mass is 10.2. The van der Waals surface area contributed by atoms with Gasteiger partial charge in [-0.05, 0) is 18.1 Å². The largest absolute Gasteiger partial charge is 0.381 e. The third-order valence-electron chi connectivity index (χ3n) is 2.33. The number of para-hydroxylation sites is 1. The van der Waals surface area contributed by atoms with Crippen molar-refractivity contribution in [3.8, 4) is 0 Å². The third kappa shape index (κ3) is 4.97. The van der Waals surface area contributed by atoms with Crippen molar-refractivity contribution < 1.29 is 9.53 Å². The highest BCUT2D eigenvalue weighted by molar-refractivity contribution is 5.91. The van der Waals surface area contributed by atoms with Crippen molar-refractivity contribution in [3.05, 3.63) is 29.8 Å². The summed E-state index contributed by atoms with van der Waals surface area (Å²) >= 11 is 0. The van der Waals surface area contributed by atoms with Crippen molar-refractivity contribution >= 4 is 11.6 Å². The second-order valence-electron chi connectivity index (χ2n) is 3.77. The molecule has 1 amide bonds. The van der Waals surface area contributed by atoms with Gasteiger partial charge in [0.2, 0.25) is 5.91 Å². The van der Waals surface area contributed by atoms with Crippen molar-refractivity contribution in [2.45, 2.75) is 26.3 Å². The van der Waals surface area contributed by atoms with Gasteiger partial charge in [-0.3, -0.25) is 4.79 Å². The van der Waals surface area contributed by atoms with Gasteiger partial charge in [0.25, 0.3) is 0 Å². The highest BCUT2D eigenvalue weighted by atomic mass is 16.5. The molecule has 0 fully saturated rings. The normalized spacial score (nSPS) is 10.2. The molecule has 0 aromatic heterocycles. The van der Waals surface area contributed by atoms with Crippen molar-refractivity contribution in [3.63, 3.8) is 0 Å². The predicted octanol–water partition coefficient (Wildman–Crippen LogP) is 1.90. The molecule has 1 aromatic carbocycles. The minimum Gasteiger partial charge on any atom is -0.381 e. The van der Waals surface area contributed by atoms with Crippen LogP contribution < -0.4 is 11.1 Å². The number of hydrogen-bond donors (Lipinski definition) is 2. The van der Waals surface area contributed by atoms with Gasteiger partial charge in [0.15, 0.2) is 0 Å². The fourth-order valence-electron chi connectivity index (χ4n) is 1.44. The van der Waals surface area contributed by atoms with E-state index in [1.807, 2.05) is 31.2 Å². The number of ether oxygens (including phenoxy) is 1. The Labute approximate surface area is 102 Å². The molecule has 0 bridgehead atoms. The van der Waals surface area contributed by atoms with Gasteiger partial charge in [0, 0.05) is 18.8 Å². The highest BCUT2D eigenvalue weighted by Crippen LogP contribution is 2.14. The van der Waals surface area contributed by atoms with E-state index in [-0.39, 0.29) is 5.91 Å². The maximum atomic E-state index is 11.6. The minimum atomic E-state index is -0.0398. The molecule has 0 aliphatic heterocycles. The van der Waals surface area contributed by atoms with Gasteiger partial charge in [-0.1, -0.05) is 25.1 Å². The molecule has 1 aromatic rings. The molecule has 0 atom stereocenters. The van der Waals surface area contributed by atoms with Gasteiger partial charge >= 0.3 is 0 Å². The molecule has 0 saturated heterocycles. The van der Waals surface area contributed by atoms with E-state index in [4.69, 9.17) is 10.5 Å². The molecule has 3 N–H and O–H groups in total. The Morgan fingerprint density at radius 1 is 1.35 bits per heavy atom. The van der Waals surface area contributed by atoms with Gasteiger partial charge in [0.1, 0.15) is 0 Å². The van der Waals surface area contributed by atoms with Crippen LogP contribution in [0.25, 0.3) is 0 Å². The van der Waals surface area contributed by atoms with E-state index in [2.05, 4.69) is 5.32 Å². The van der Waals surface area contributed by atoms with Gasteiger partial charge in [-0.15, -0.1) is 0 Å². The molecule has 94 valence electrons. The van der Waals surface area contributed by atoms with Crippen LogP contribution in [0, 0.1) is 0 Å². The molecule has 0 radical (unpaired) electrons. The molecule has 0 heterocycles. The number of nitrogens with one attached hydrogen (secondary N) is 1. The van der Waals surface area contributed by atoms with Crippen LogP contribution in [0.4, 0.5) is 5.69 Å². The Morgan fingerprint density at radius 2 is 2.12 bits per heavy atom. The summed E-state index contributed by atoms with van der Waals surface area (Å²) in [6, 6.07) is 7.54. The van der Waals surface area contributed by atoms with E-state index in [1.54, 1.807) is 0 Å². The molecule has 4 heteroatoms. The minimum absolute atomic E-state index is 0.0398. The van der Waals surface area contributed by atoms with Crippen LogP contribution in [-0.4, -0.2) is 19.1 Å².